The molecule has 0 unspecified atom stereocenters. The van der Waals surface area contributed by atoms with Crippen molar-refractivity contribution in [2.75, 3.05) is 22.2 Å². The summed E-state index contributed by atoms with van der Waals surface area (Å²) in [7, 11) is 0. The highest BCUT2D eigenvalue weighted by Crippen LogP contribution is 2.50. The Labute approximate surface area is 146 Å². The molecule has 0 saturated heterocycles. The Hall–Kier alpha value is -0.00312. The van der Waals surface area contributed by atoms with E-state index in [1.807, 2.05) is 0 Å². The standard InChI is InChI=1S/C16H26Br2N2Si/c1-15(2,3)11-19-13-9-7-8-10-14(13)20(21(19,17)18)12-16(4,5)6/h7-10H,11-12H2,1-6H3. The molecule has 1 heterocycles. The molecule has 0 aliphatic carbocycles. The predicted molar refractivity (Wildman–Crippen MR) is 104 cm³/mol. The van der Waals surface area contributed by atoms with E-state index in [1.54, 1.807) is 0 Å². The summed E-state index contributed by atoms with van der Waals surface area (Å²) in [6.45, 7) is 15.9. The second-order valence-electron chi connectivity index (χ2n) is 8.29. The Morgan fingerprint density at radius 3 is 1.43 bits per heavy atom. The van der Waals surface area contributed by atoms with E-state index >= 15 is 0 Å². The first-order valence-electron chi connectivity index (χ1n) is 7.44. The number of rotatable bonds is 2. The fraction of sp³-hybridized carbons (Fsp3) is 0.625. The maximum atomic E-state index is 4.07. The van der Waals surface area contributed by atoms with Crippen molar-refractivity contribution in [3.63, 3.8) is 0 Å². The number of hydrogen-bond donors (Lipinski definition) is 0. The van der Waals surface area contributed by atoms with Gasteiger partial charge in [-0.05, 0) is 23.0 Å². The van der Waals surface area contributed by atoms with Crippen molar-refractivity contribution in [2.24, 2.45) is 10.8 Å². The highest BCUT2D eigenvalue weighted by molar-refractivity contribution is 9.51. The first kappa shape index (κ1) is 17.4. The molecule has 1 aliphatic heterocycles. The zero-order chi connectivity index (χ0) is 16.1. The first-order chi connectivity index (χ1) is 9.42. The molecule has 0 amide bonds. The van der Waals surface area contributed by atoms with E-state index in [1.165, 1.54) is 11.4 Å². The first-order valence-corrected chi connectivity index (χ1v) is 13.8. The number of benzene rings is 1. The van der Waals surface area contributed by atoms with Crippen LogP contribution in [0, 0.1) is 10.8 Å². The van der Waals surface area contributed by atoms with Crippen LogP contribution in [0.3, 0.4) is 0 Å². The van der Waals surface area contributed by atoms with Crippen LogP contribution in [0.5, 0.6) is 0 Å². The maximum Gasteiger partial charge on any atom is 0.413 e. The summed E-state index contributed by atoms with van der Waals surface area (Å²) >= 11 is 8.14. The van der Waals surface area contributed by atoms with E-state index in [0.29, 0.717) is 0 Å². The molecule has 118 valence electrons. The van der Waals surface area contributed by atoms with Gasteiger partial charge in [0.25, 0.3) is 0 Å². The number of para-hydroxylation sites is 2. The van der Waals surface area contributed by atoms with Crippen LogP contribution in [-0.2, 0) is 0 Å². The molecule has 0 aromatic heterocycles. The molecule has 1 aromatic carbocycles. The SMILES string of the molecule is CC(C)(C)CN1c2ccccc2N(CC(C)(C)C)[Si]1(Br)Br. The van der Waals surface area contributed by atoms with Gasteiger partial charge in [0.15, 0.2) is 0 Å². The van der Waals surface area contributed by atoms with Crippen LogP contribution in [0.1, 0.15) is 41.5 Å². The molecule has 21 heavy (non-hydrogen) atoms. The highest BCUT2D eigenvalue weighted by atomic mass is 79.9. The van der Waals surface area contributed by atoms with Crippen LogP contribution in [0.15, 0.2) is 24.3 Å². The van der Waals surface area contributed by atoms with Crippen molar-refractivity contribution in [2.45, 2.75) is 41.5 Å². The van der Waals surface area contributed by atoms with Crippen LogP contribution in [-0.4, -0.2) is 18.7 Å². The van der Waals surface area contributed by atoms with Gasteiger partial charge in [0.2, 0.25) is 0 Å². The molecule has 0 atom stereocenters. The third kappa shape index (κ3) is 3.85. The number of hydrogen-bond acceptors (Lipinski definition) is 2. The molecule has 5 heteroatoms. The number of fused-ring (bicyclic) bond motifs is 1. The molecule has 0 N–H and O–H groups in total. The van der Waals surface area contributed by atoms with E-state index in [2.05, 4.69) is 106 Å². The molecule has 2 rings (SSSR count). The molecule has 2 nitrogen and oxygen atoms in total. The van der Waals surface area contributed by atoms with Gasteiger partial charge in [-0.1, -0.05) is 84.3 Å². The minimum absolute atomic E-state index is 0.255. The van der Waals surface area contributed by atoms with Crippen molar-refractivity contribution in [3.05, 3.63) is 24.3 Å². The van der Waals surface area contributed by atoms with Crippen molar-refractivity contribution in [3.8, 4) is 0 Å². The van der Waals surface area contributed by atoms with Gasteiger partial charge in [0.1, 0.15) is 0 Å². The predicted octanol–water partition coefficient (Wildman–Crippen LogP) is 5.63. The van der Waals surface area contributed by atoms with Crippen molar-refractivity contribution < 1.29 is 0 Å². The van der Waals surface area contributed by atoms with Crippen molar-refractivity contribution in [1.82, 2.24) is 0 Å². The van der Waals surface area contributed by atoms with Crippen LogP contribution in [0.25, 0.3) is 0 Å². The molecule has 0 saturated carbocycles. The van der Waals surface area contributed by atoms with Gasteiger partial charge >= 0.3 is 5.64 Å². The molecule has 0 radical (unpaired) electrons. The lowest BCUT2D eigenvalue weighted by Gasteiger charge is -2.39. The average molecular weight is 434 g/mol. The van der Waals surface area contributed by atoms with Crippen LogP contribution >= 0.6 is 30.6 Å². The summed E-state index contributed by atoms with van der Waals surface area (Å²) in [6.07, 6.45) is 0. The lowest BCUT2D eigenvalue weighted by Crippen LogP contribution is -2.57. The van der Waals surface area contributed by atoms with Gasteiger partial charge in [-0.3, -0.25) is 0 Å². The van der Waals surface area contributed by atoms with Gasteiger partial charge in [-0.15, -0.1) is 0 Å². The quantitative estimate of drug-likeness (QED) is 0.440. The second-order valence-corrected chi connectivity index (χ2v) is 20.2. The fourth-order valence-corrected chi connectivity index (χ4v) is 9.04. The minimum Gasteiger partial charge on any atom is -0.362 e. The minimum atomic E-state index is -2.03. The van der Waals surface area contributed by atoms with Gasteiger partial charge in [0.05, 0.1) is 11.4 Å². The summed E-state index contributed by atoms with van der Waals surface area (Å²) in [5, 5.41) is 0. The Balaban J connectivity index is 2.45. The molecule has 0 fully saturated rings. The summed E-state index contributed by atoms with van der Waals surface area (Å²) in [6, 6.07) is 8.77. The largest absolute Gasteiger partial charge is 0.413 e. The lowest BCUT2D eigenvalue weighted by molar-refractivity contribution is 0.425. The summed E-state index contributed by atoms with van der Waals surface area (Å²) < 4.78 is 5.10. The van der Waals surface area contributed by atoms with E-state index in [-0.39, 0.29) is 10.8 Å². The van der Waals surface area contributed by atoms with Gasteiger partial charge in [0, 0.05) is 13.1 Å². The Morgan fingerprint density at radius 1 is 0.810 bits per heavy atom. The Bertz CT molecular complexity index is 473. The topological polar surface area (TPSA) is 6.48 Å². The van der Waals surface area contributed by atoms with E-state index < -0.39 is 5.64 Å². The number of halogens is 2. The lowest BCUT2D eigenvalue weighted by atomic mass is 9.96. The van der Waals surface area contributed by atoms with Gasteiger partial charge in [-0.2, -0.15) is 0 Å². The molecule has 0 spiro atoms. The Kier molecular flexibility index (Phi) is 4.60. The molecular formula is C16H26Br2N2Si. The molecule has 0 bridgehead atoms. The highest BCUT2D eigenvalue weighted by Gasteiger charge is 2.51. The maximum absolute atomic E-state index is 4.07. The number of nitrogens with zero attached hydrogens (tertiary/aromatic N) is 2. The average Bonchev–Trinajstić information content (AvgIpc) is 2.48. The fourth-order valence-electron chi connectivity index (χ4n) is 2.67. The third-order valence-electron chi connectivity index (χ3n) is 3.38. The Morgan fingerprint density at radius 2 is 1.14 bits per heavy atom. The van der Waals surface area contributed by atoms with E-state index in [0.717, 1.165) is 13.1 Å². The second kappa shape index (κ2) is 5.57. The van der Waals surface area contributed by atoms with Crippen LogP contribution < -0.4 is 9.13 Å². The molecule has 1 aliphatic rings. The van der Waals surface area contributed by atoms with Crippen LogP contribution in [0.4, 0.5) is 11.4 Å². The third-order valence-corrected chi connectivity index (χ3v) is 10.6. The van der Waals surface area contributed by atoms with Gasteiger partial charge in [-0.25, -0.2) is 0 Å². The van der Waals surface area contributed by atoms with Crippen molar-refractivity contribution in [1.29, 1.82) is 0 Å². The molecule has 1 aromatic rings. The normalized spacial score (nSPS) is 18.1. The summed E-state index contributed by atoms with van der Waals surface area (Å²) in [5.41, 5.74) is 1.17. The van der Waals surface area contributed by atoms with E-state index in [9.17, 15) is 0 Å². The van der Waals surface area contributed by atoms with Crippen molar-refractivity contribution >= 4 is 47.6 Å². The molecular weight excluding hydrogens is 408 g/mol. The van der Waals surface area contributed by atoms with Crippen LogP contribution in [0.2, 0.25) is 0 Å². The zero-order valence-electron chi connectivity index (χ0n) is 13.9. The summed E-state index contributed by atoms with van der Waals surface area (Å²) in [5.74, 6) is 0. The monoisotopic (exact) mass is 432 g/mol. The van der Waals surface area contributed by atoms with E-state index in [4.69, 9.17) is 0 Å². The summed E-state index contributed by atoms with van der Waals surface area (Å²) in [4.78, 5) is 0. The van der Waals surface area contributed by atoms with Gasteiger partial charge < -0.3 is 9.13 Å². The number of anilines is 2. The zero-order valence-corrected chi connectivity index (χ0v) is 18.0. The smallest absolute Gasteiger partial charge is 0.362 e.